The maximum absolute atomic E-state index is 12.8. The Balaban J connectivity index is 1.74. The summed E-state index contributed by atoms with van der Waals surface area (Å²) in [5.74, 6) is -0.901. The largest absolute Gasteiger partial charge is 0.361 e. The van der Waals surface area contributed by atoms with Crippen molar-refractivity contribution in [3.8, 4) is 0 Å². The van der Waals surface area contributed by atoms with Crippen molar-refractivity contribution in [2.75, 3.05) is 0 Å². The van der Waals surface area contributed by atoms with Crippen LogP contribution in [0.4, 0.5) is 0 Å². The van der Waals surface area contributed by atoms with Crippen molar-refractivity contribution in [3.63, 3.8) is 0 Å². The van der Waals surface area contributed by atoms with Gasteiger partial charge < -0.3 is 10.3 Å². The lowest BCUT2D eigenvalue weighted by Crippen LogP contribution is -2.53. The molecule has 4 N–H and O–H groups in total. The molecule has 2 heterocycles. The molecule has 0 radical (unpaired) electrons. The number of para-hydroxylation sites is 1. The molecular formula is C21H24N4O3S. The number of amides is 3. The summed E-state index contributed by atoms with van der Waals surface area (Å²) in [5.41, 5.74) is 6.72. The van der Waals surface area contributed by atoms with Gasteiger partial charge in [-0.3, -0.25) is 25.2 Å². The van der Waals surface area contributed by atoms with E-state index in [1.54, 1.807) is 17.5 Å². The number of nitrogens with one attached hydrogen (secondary N) is 4. The molecule has 1 atom stereocenters. The number of thiophene rings is 1. The predicted molar refractivity (Wildman–Crippen MR) is 113 cm³/mol. The van der Waals surface area contributed by atoms with Gasteiger partial charge in [0.25, 0.3) is 11.8 Å². The zero-order chi connectivity index (χ0) is 20.8. The maximum atomic E-state index is 12.8. The molecule has 0 spiro atoms. The molecule has 0 aliphatic carbocycles. The fourth-order valence-electron chi connectivity index (χ4n) is 3.01. The third-order valence-electron chi connectivity index (χ3n) is 4.38. The molecule has 0 aliphatic heterocycles. The van der Waals surface area contributed by atoms with E-state index in [0.29, 0.717) is 11.3 Å². The van der Waals surface area contributed by atoms with Crippen LogP contribution >= 0.6 is 11.3 Å². The Labute approximate surface area is 172 Å². The van der Waals surface area contributed by atoms with Gasteiger partial charge in [0, 0.05) is 29.9 Å². The minimum Gasteiger partial charge on any atom is -0.361 e. The van der Waals surface area contributed by atoms with Gasteiger partial charge in [-0.05, 0) is 29.0 Å². The van der Waals surface area contributed by atoms with Crippen LogP contribution < -0.4 is 16.2 Å². The molecule has 152 valence electrons. The van der Waals surface area contributed by atoms with E-state index < -0.39 is 11.9 Å². The number of H-pyrrole nitrogens is 1. The molecule has 3 amide bonds. The minimum atomic E-state index is -0.844. The summed E-state index contributed by atoms with van der Waals surface area (Å²) in [6, 6.07) is 10.4. The first-order valence-electron chi connectivity index (χ1n) is 9.42. The quantitative estimate of drug-likeness (QED) is 0.449. The van der Waals surface area contributed by atoms with Crippen LogP contribution in [0.1, 0.15) is 35.5 Å². The molecule has 7 nitrogen and oxygen atoms in total. The fraction of sp³-hybridized carbons (Fsp3) is 0.286. The summed E-state index contributed by atoms with van der Waals surface area (Å²) in [5, 5.41) is 5.57. The first-order chi connectivity index (χ1) is 13.9. The van der Waals surface area contributed by atoms with Crippen LogP contribution in [0.2, 0.25) is 0 Å². The molecule has 0 aliphatic rings. The summed E-state index contributed by atoms with van der Waals surface area (Å²) >= 11 is 1.30. The Kier molecular flexibility index (Phi) is 6.66. The Morgan fingerprint density at radius 3 is 2.59 bits per heavy atom. The summed E-state index contributed by atoms with van der Waals surface area (Å²) in [6.45, 7) is 3.84. The van der Waals surface area contributed by atoms with Gasteiger partial charge in [-0.2, -0.15) is 0 Å². The topological polar surface area (TPSA) is 103 Å². The summed E-state index contributed by atoms with van der Waals surface area (Å²) in [4.78, 5) is 40.8. The van der Waals surface area contributed by atoms with Gasteiger partial charge in [-0.1, -0.05) is 38.1 Å². The van der Waals surface area contributed by atoms with Gasteiger partial charge in [-0.25, -0.2) is 0 Å². The average Bonchev–Trinajstić information content (AvgIpc) is 3.35. The number of carbonyl (C=O) groups excluding carboxylic acids is 3. The number of hydrogen-bond acceptors (Lipinski definition) is 4. The smallest absolute Gasteiger partial charge is 0.262 e. The number of fused-ring (bicyclic) bond motifs is 1. The summed E-state index contributed by atoms with van der Waals surface area (Å²) in [7, 11) is 0. The second-order valence-electron chi connectivity index (χ2n) is 7.20. The van der Waals surface area contributed by atoms with E-state index in [9.17, 15) is 14.4 Å². The van der Waals surface area contributed by atoms with Gasteiger partial charge in [0.2, 0.25) is 5.91 Å². The fourth-order valence-corrected chi connectivity index (χ4v) is 3.63. The van der Waals surface area contributed by atoms with E-state index in [-0.39, 0.29) is 24.2 Å². The molecule has 0 bridgehead atoms. The van der Waals surface area contributed by atoms with Crippen LogP contribution in [0.25, 0.3) is 10.9 Å². The zero-order valence-corrected chi connectivity index (χ0v) is 17.1. The lowest BCUT2D eigenvalue weighted by molar-refractivity contribution is -0.130. The van der Waals surface area contributed by atoms with E-state index in [4.69, 9.17) is 0 Å². The first kappa shape index (κ1) is 20.6. The highest BCUT2D eigenvalue weighted by molar-refractivity contribution is 7.12. The third kappa shape index (κ3) is 5.45. The van der Waals surface area contributed by atoms with Crippen molar-refractivity contribution in [2.45, 2.75) is 32.7 Å². The average molecular weight is 413 g/mol. The Bertz CT molecular complexity index is 994. The molecule has 0 saturated carbocycles. The van der Waals surface area contributed by atoms with Crippen molar-refractivity contribution in [1.82, 2.24) is 21.2 Å². The molecule has 0 unspecified atom stereocenters. The molecule has 29 heavy (non-hydrogen) atoms. The van der Waals surface area contributed by atoms with Crippen molar-refractivity contribution >= 4 is 40.0 Å². The van der Waals surface area contributed by atoms with Crippen LogP contribution in [0.3, 0.4) is 0 Å². The number of aromatic nitrogens is 1. The van der Waals surface area contributed by atoms with Gasteiger partial charge >= 0.3 is 0 Å². The van der Waals surface area contributed by atoms with E-state index in [1.165, 1.54) is 11.3 Å². The highest BCUT2D eigenvalue weighted by atomic mass is 32.1. The van der Waals surface area contributed by atoms with E-state index in [1.807, 2.05) is 44.3 Å². The number of benzene rings is 1. The molecule has 0 saturated heterocycles. The summed E-state index contributed by atoms with van der Waals surface area (Å²) < 4.78 is 0. The highest BCUT2D eigenvalue weighted by Gasteiger charge is 2.24. The van der Waals surface area contributed by atoms with Crippen LogP contribution in [0, 0.1) is 5.92 Å². The number of carbonyl (C=O) groups is 3. The molecular weight excluding hydrogens is 388 g/mol. The zero-order valence-electron chi connectivity index (χ0n) is 16.3. The Hall–Kier alpha value is -3.13. The summed E-state index contributed by atoms with van der Waals surface area (Å²) in [6.07, 6.45) is 2.42. The van der Waals surface area contributed by atoms with Crippen molar-refractivity contribution in [2.24, 2.45) is 5.92 Å². The molecule has 1 aromatic carbocycles. The monoisotopic (exact) mass is 412 g/mol. The molecule has 3 aromatic rings. The molecule has 3 rings (SSSR count). The maximum Gasteiger partial charge on any atom is 0.262 e. The number of rotatable bonds is 7. The standard InChI is InChI=1S/C21H24N4O3S/c1-13(2)10-19(26)24-25-20(27)17(23-21(28)18-8-5-9-29-18)11-14-12-22-16-7-4-3-6-15(14)16/h3-9,12-13,17,22H,10-11H2,1-2H3,(H,23,28)(H,24,26)(H,25,27)/t17-/m0/s1. The van der Waals surface area contributed by atoms with Crippen molar-refractivity contribution < 1.29 is 14.4 Å². The van der Waals surface area contributed by atoms with E-state index in [2.05, 4.69) is 21.2 Å². The molecule has 8 heteroatoms. The number of hydrazine groups is 1. The van der Waals surface area contributed by atoms with Gasteiger partial charge in [0.05, 0.1) is 4.88 Å². The minimum absolute atomic E-state index is 0.174. The lowest BCUT2D eigenvalue weighted by atomic mass is 10.0. The molecule has 0 fully saturated rings. The van der Waals surface area contributed by atoms with Gasteiger partial charge in [0.1, 0.15) is 6.04 Å². The third-order valence-corrected chi connectivity index (χ3v) is 5.25. The predicted octanol–water partition coefficient (Wildman–Crippen LogP) is 2.76. The second-order valence-corrected chi connectivity index (χ2v) is 8.15. The van der Waals surface area contributed by atoms with Crippen LogP contribution in [0.15, 0.2) is 48.0 Å². The SMILES string of the molecule is CC(C)CC(=O)NNC(=O)[C@H](Cc1c[nH]c2ccccc12)NC(=O)c1cccs1. The van der Waals surface area contributed by atoms with Crippen LogP contribution in [0.5, 0.6) is 0 Å². The lowest BCUT2D eigenvalue weighted by Gasteiger charge is -2.18. The van der Waals surface area contributed by atoms with E-state index >= 15 is 0 Å². The van der Waals surface area contributed by atoms with Crippen molar-refractivity contribution in [3.05, 3.63) is 58.4 Å². The van der Waals surface area contributed by atoms with Gasteiger partial charge in [-0.15, -0.1) is 11.3 Å². The molecule has 2 aromatic heterocycles. The van der Waals surface area contributed by atoms with Crippen LogP contribution in [-0.4, -0.2) is 28.7 Å². The second kappa shape index (κ2) is 9.38. The Morgan fingerprint density at radius 1 is 1.07 bits per heavy atom. The Morgan fingerprint density at radius 2 is 1.86 bits per heavy atom. The van der Waals surface area contributed by atoms with Crippen molar-refractivity contribution in [1.29, 1.82) is 0 Å². The number of hydrogen-bond donors (Lipinski definition) is 4. The normalized spacial score (nSPS) is 12.0. The number of aromatic amines is 1. The first-order valence-corrected chi connectivity index (χ1v) is 10.3. The van der Waals surface area contributed by atoms with E-state index in [0.717, 1.165) is 16.5 Å². The van der Waals surface area contributed by atoms with Crippen LogP contribution in [-0.2, 0) is 16.0 Å². The van der Waals surface area contributed by atoms with Gasteiger partial charge in [0.15, 0.2) is 0 Å². The highest BCUT2D eigenvalue weighted by Crippen LogP contribution is 2.19.